The first-order chi connectivity index (χ1) is 14.5. The minimum atomic E-state index is -0.445. The van der Waals surface area contributed by atoms with Gasteiger partial charge in [-0.1, -0.05) is 24.3 Å². The molecule has 4 rings (SSSR count). The van der Waals surface area contributed by atoms with E-state index in [9.17, 15) is 14.0 Å². The maximum atomic E-state index is 14.1. The van der Waals surface area contributed by atoms with Crippen LogP contribution in [0.3, 0.4) is 0 Å². The van der Waals surface area contributed by atoms with Gasteiger partial charge in [-0.05, 0) is 24.3 Å². The Balaban J connectivity index is 1.31. The zero-order valence-electron chi connectivity index (χ0n) is 16.7. The average molecular weight is 407 g/mol. The molecule has 6 nitrogen and oxygen atoms in total. The fourth-order valence-electron chi connectivity index (χ4n) is 4.24. The Morgan fingerprint density at radius 2 is 1.83 bits per heavy atom. The molecule has 2 aliphatic heterocycles. The number of para-hydroxylation sites is 1. The Hall–Kier alpha value is -3.24. The lowest BCUT2D eigenvalue weighted by Gasteiger charge is -2.33. The van der Waals surface area contributed by atoms with Gasteiger partial charge in [0.25, 0.3) is 0 Å². The van der Waals surface area contributed by atoms with Crippen molar-refractivity contribution in [1.29, 1.82) is 5.26 Å². The van der Waals surface area contributed by atoms with Crippen LogP contribution in [0, 0.1) is 23.1 Å². The van der Waals surface area contributed by atoms with E-state index in [1.807, 2.05) is 29.2 Å². The van der Waals surface area contributed by atoms with Gasteiger partial charge in [-0.15, -0.1) is 0 Å². The standard InChI is InChI=1S/C23H23FN4O2/c24-20-3-1-2-4-21(20)28-16-19(13-22(28)29)23(30)27-11-9-26(10-12-27)15-18-7-5-17(14-25)6-8-18/h1-8,19H,9-13,15-16H2/p+1/t19-/m1/s1. The Morgan fingerprint density at radius 1 is 1.13 bits per heavy atom. The number of quaternary nitrogens is 1. The van der Waals surface area contributed by atoms with Crippen LogP contribution in [0.1, 0.15) is 17.5 Å². The van der Waals surface area contributed by atoms with Gasteiger partial charge in [0.05, 0.1) is 49.4 Å². The zero-order valence-corrected chi connectivity index (χ0v) is 16.7. The highest BCUT2D eigenvalue weighted by Crippen LogP contribution is 2.28. The second-order valence-electron chi connectivity index (χ2n) is 7.92. The van der Waals surface area contributed by atoms with Gasteiger partial charge in [0.15, 0.2) is 0 Å². The quantitative estimate of drug-likeness (QED) is 0.822. The van der Waals surface area contributed by atoms with E-state index in [1.54, 1.807) is 18.2 Å². The Labute approximate surface area is 175 Å². The van der Waals surface area contributed by atoms with Gasteiger partial charge in [0.2, 0.25) is 11.8 Å². The van der Waals surface area contributed by atoms with Crippen molar-refractivity contribution in [3.63, 3.8) is 0 Å². The SMILES string of the molecule is N#Cc1ccc(C[NH+]2CCN(C(=O)[C@@H]3CC(=O)N(c4ccccc4F)C3)CC2)cc1. The second kappa shape index (κ2) is 8.64. The lowest BCUT2D eigenvalue weighted by molar-refractivity contribution is -0.917. The summed E-state index contributed by atoms with van der Waals surface area (Å²) in [5.74, 6) is -1.08. The number of hydrogen-bond acceptors (Lipinski definition) is 3. The van der Waals surface area contributed by atoms with Crippen molar-refractivity contribution in [2.75, 3.05) is 37.6 Å². The number of nitrogens with zero attached hydrogens (tertiary/aromatic N) is 3. The third-order valence-electron chi connectivity index (χ3n) is 5.94. The molecule has 2 fully saturated rings. The third-order valence-corrected chi connectivity index (χ3v) is 5.94. The Morgan fingerprint density at radius 3 is 2.50 bits per heavy atom. The molecule has 0 spiro atoms. The van der Waals surface area contributed by atoms with Crippen LogP contribution in [-0.4, -0.2) is 49.4 Å². The smallest absolute Gasteiger partial charge is 0.228 e. The van der Waals surface area contributed by atoms with E-state index in [2.05, 4.69) is 6.07 Å². The second-order valence-corrected chi connectivity index (χ2v) is 7.92. The van der Waals surface area contributed by atoms with Crippen molar-refractivity contribution >= 4 is 17.5 Å². The van der Waals surface area contributed by atoms with Crippen LogP contribution >= 0.6 is 0 Å². The third kappa shape index (κ3) is 4.19. The largest absolute Gasteiger partial charge is 0.331 e. The minimum Gasteiger partial charge on any atom is -0.331 e. The summed E-state index contributed by atoms with van der Waals surface area (Å²) in [5.41, 5.74) is 2.07. The predicted octanol–water partition coefficient (Wildman–Crippen LogP) is 0.978. The van der Waals surface area contributed by atoms with Crippen molar-refractivity contribution in [3.05, 3.63) is 65.5 Å². The first kappa shape index (κ1) is 20.0. The van der Waals surface area contributed by atoms with E-state index in [0.717, 1.165) is 19.6 Å². The van der Waals surface area contributed by atoms with Crippen LogP contribution in [0.25, 0.3) is 0 Å². The summed E-state index contributed by atoms with van der Waals surface area (Å²) in [6, 6.07) is 15.9. The van der Waals surface area contributed by atoms with Crippen LogP contribution in [0.4, 0.5) is 10.1 Å². The molecule has 2 aromatic rings. The molecule has 0 aliphatic carbocycles. The molecular formula is C23H24FN4O2+. The molecule has 7 heteroatoms. The van der Waals surface area contributed by atoms with Crippen molar-refractivity contribution in [1.82, 2.24) is 4.90 Å². The van der Waals surface area contributed by atoms with Crippen LogP contribution in [-0.2, 0) is 16.1 Å². The number of carbonyl (C=O) groups is 2. The molecule has 0 aromatic heterocycles. The molecule has 2 aromatic carbocycles. The number of nitriles is 1. The summed E-state index contributed by atoms with van der Waals surface area (Å²) in [5, 5.41) is 8.90. The summed E-state index contributed by atoms with van der Waals surface area (Å²) in [6.07, 6.45) is 0.130. The highest BCUT2D eigenvalue weighted by atomic mass is 19.1. The van der Waals surface area contributed by atoms with Crippen LogP contribution in [0.5, 0.6) is 0 Å². The maximum absolute atomic E-state index is 14.1. The van der Waals surface area contributed by atoms with E-state index >= 15 is 0 Å². The van der Waals surface area contributed by atoms with Gasteiger partial charge in [0, 0.05) is 18.5 Å². The minimum absolute atomic E-state index is 0.0142. The summed E-state index contributed by atoms with van der Waals surface area (Å²) in [4.78, 5) is 30.0. The molecule has 30 heavy (non-hydrogen) atoms. The van der Waals surface area contributed by atoms with Crippen molar-refractivity contribution in [2.45, 2.75) is 13.0 Å². The maximum Gasteiger partial charge on any atom is 0.228 e. The molecule has 154 valence electrons. The fourth-order valence-corrected chi connectivity index (χ4v) is 4.24. The van der Waals surface area contributed by atoms with Crippen LogP contribution in [0.2, 0.25) is 0 Å². The molecule has 2 saturated heterocycles. The number of hydrogen-bond donors (Lipinski definition) is 1. The highest BCUT2D eigenvalue weighted by Gasteiger charge is 2.39. The van der Waals surface area contributed by atoms with Crippen LogP contribution in [0.15, 0.2) is 48.5 Å². The number of amides is 2. The molecule has 0 bridgehead atoms. The van der Waals surface area contributed by atoms with Crippen molar-refractivity contribution in [2.24, 2.45) is 5.92 Å². The number of carbonyl (C=O) groups excluding carboxylic acids is 2. The fraction of sp³-hybridized carbons (Fsp3) is 0.348. The van der Waals surface area contributed by atoms with Gasteiger partial charge in [-0.3, -0.25) is 9.59 Å². The molecule has 1 N–H and O–H groups in total. The summed E-state index contributed by atoms with van der Waals surface area (Å²) in [6.45, 7) is 4.06. The van der Waals surface area contributed by atoms with E-state index in [-0.39, 0.29) is 30.5 Å². The number of nitrogens with one attached hydrogen (secondary N) is 1. The summed E-state index contributed by atoms with van der Waals surface area (Å²) < 4.78 is 14.1. The van der Waals surface area contributed by atoms with Gasteiger partial charge in [0.1, 0.15) is 12.4 Å². The average Bonchev–Trinajstić information content (AvgIpc) is 3.16. The first-order valence-electron chi connectivity index (χ1n) is 10.2. The molecule has 2 heterocycles. The Bertz CT molecular complexity index is 977. The van der Waals surface area contributed by atoms with Crippen molar-refractivity contribution in [3.8, 4) is 6.07 Å². The highest BCUT2D eigenvalue weighted by molar-refractivity contribution is 6.00. The van der Waals surface area contributed by atoms with E-state index in [0.29, 0.717) is 18.7 Å². The monoisotopic (exact) mass is 407 g/mol. The lowest BCUT2D eigenvalue weighted by atomic mass is 10.1. The lowest BCUT2D eigenvalue weighted by Crippen LogP contribution is -3.13. The van der Waals surface area contributed by atoms with E-state index in [1.165, 1.54) is 21.4 Å². The molecule has 0 unspecified atom stereocenters. The Kier molecular flexibility index (Phi) is 5.77. The molecule has 2 aliphatic rings. The molecule has 0 saturated carbocycles. The van der Waals surface area contributed by atoms with Crippen molar-refractivity contribution < 1.29 is 18.9 Å². The van der Waals surface area contributed by atoms with Gasteiger partial charge in [-0.2, -0.15) is 5.26 Å². The first-order valence-corrected chi connectivity index (χ1v) is 10.2. The molecule has 0 radical (unpaired) electrons. The number of rotatable bonds is 4. The van der Waals surface area contributed by atoms with Gasteiger partial charge < -0.3 is 14.7 Å². The van der Waals surface area contributed by atoms with E-state index < -0.39 is 11.7 Å². The van der Waals surface area contributed by atoms with Gasteiger partial charge in [-0.25, -0.2) is 4.39 Å². The summed E-state index contributed by atoms with van der Waals surface area (Å²) >= 11 is 0. The number of halogens is 1. The number of anilines is 1. The molecule has 1 atom stereocenters. The topological polar surface area (TPSA) is 68.8 Å². The van der Waals surface area contributed by atoms with Crippen LogP contribution < -0.4 is 9.80 Å². The van der Waals surface area contributed by atoms with E-state index in [4.69, 9.17) is 5.26 Å². The molecular weight excluding hydrogens is 383 g/mol. The zero-order chi connectivity index (χ0) is 21.1. The number of piperazine rings is 1. The number of benzene rings is 2. The van der Waals surface area contributed by atoms with Gasteiger partial charge >= 0.3 is 0 Å². The predicted molar refractivity (Wildman–Crippen MR) is 109 cm³/mol. The normalized spacial score (nSPS) is 19.7. The summed E-state index contributed by atoms with van der Waals surface area (Å²) in [7, 11) is 0. The molecule has 2 amide bonds.